The lowest BCUT2D eigenvalue weighted by molar-refractivity contribution is -0.145. The van der Waals surface area contributed by atoms with Gasteiger partial charge in [0.05, 0.1) is 23.8 Å². The average molecular weight is 289 g/mol. The maximum atomic E-state index is 11.7. The van der Waals surface area contributed by atoms with E-state index in [2.05, 4.69) is 20.0 Å². The molecule has 0 radical (unpaired) electrons. The summed E-state index contributed by atoms with van der Waals surface area (Å²) in [4.78, 5) is 31.5. The molecule has 1 aromatic carbocycles. The number of nitrogens with zero attached hydrogens (tertiary/aromatic N) is 2. The van der Waals surface area contributed by atoms with Gasteiger partial charge in [-0.05, 0) is 12.1 Å². The molecule has 0 fully saturated rings. The zero-order valence-electron chi connectivity index (χ0n) is 11.4. The zero-order chi connectivity index (χ0) is 15.2. The Balaban J connectivity index is 2.20. The summed E-state index contributed by atoms with van der Waals surface area (Å²) in [5, 5.41) is 11.1. The first-order valence-electron chi connectivity index (χ1n) is 6.32. The summed E-state index contributed by atoms with van der Waals surface area (Å²) in [7, 11) is 1.23. The van der Waals surface area contributed by atoms with Crippen molar-refractivity contribution in [3.05, 3.63) is 36.2 Å². The van der Waals surface area contributed by atoms with E-state index in [1.807, 2.05) is 24.3 Å². The number of ether oxygens (including phenoxy) is 1. The molecule has 110 valence electrons. The maximum Gasteiger partial charge on any atom is 0.328 e. The van der Waals surface area contributed by atoms with E-state index in [0.29, 0.717) is 11.2 Å². The van der Waals surface area contributed by atoms with Crippen molar-refractivity contribution in [1.29, 1.82) is 0 Å². The molecule has 21 heavy (non-hydrogen) atoms. The molecule has 0 saturated heterocycles. The van der Waals surface area contributed by atoms with Crippen molar-refractivity contribution in [3.63, 3.8) is 0 Å². The third kappa shape index (κ3) is 3.73. The van der Waals surface area contributed by atoms with Crippen LogP contribution >= 0.6 is 0 Å². The number of methoxy groups -OCH3 is 1. The van der Waals surface area contributed by atoms with E-state index < -0.39 is 24.5 Å². The first-order chi connectivity index (χ1) is 10.1. The number of benzene rings is 1. The number of hydrogen-bond acceptors (Lipinski definition) is 6. The Bertz CT molecular complexity index is 659. The van der Waals surface area contributed by atoms with Gasteiger partial charge in [0, 0.05) is 12.6 Å². The number of amides is 1. The molecule has 0 unspecified atom stereocenters. The Morgan fingerprint density at radius 1 is 1.33 bits per heavy atom. The normalized spacial score (nSPS) is 11.9. The van der Waals surface area contributed by atoms with Gasteiger partial charge in [0.1, 0.15) is 12.6 Å². The highest BCUT2D eigenvalue weighted by Gasteiger charge is 2.22. The highest BCUT2D eigenvalue weighted by Crippen LogP contribution is 2.10. The Hall–Kier alpha value is -2.54. The molecule has 0 aliphatic heterocycles. The molecule has 0 aliphatic carbocycles. The van der Waals surface area contributed by atoms with Crippen LogP contribution in [0, 0.1) is 0 Å². The van der Waals surface area contributed by atoms with Gasteiger partial charge in [-0.15, -0.1) is 0 Å². The Kier molecular flexibility index (Phi) is 4.78. The van der Waals surface area contributed by atoms with E-state index in [9.17, 15) is 9.59 Å². The lowest BCUT2D eigenvalue weighted by atomic mass is 10.1. The summed E-state index contributed by atoms with van der Waals surface area (Å²) < 4.78 is 4.63. The van der Waals surface area contributed by atoms with Crippen LogP contribution in [-0.4, -0.2) is 46.7 Å². The van der Waals surface area contributed by atoms with Crippen LogP contribution in [-0.2, 0) is 20.7 Å². The van der Waals surface area contributed by atoms with Crippen molar-refractivity contribution in [3.8, 4) is 0 Å². The number of aliphatic hydroxyl groups excluding tert-OH is 1. The second-order valence-corrected chi connectivity index (χ2v) is 4.36. The number of para-hydroxylation sites is 2. The summed E-state index contributed by atoms with van der Waals surface area (Å²) in [5.74, 6) is -1.26. The smallest absolute Gasteiger partial charge is 0.328 e. The minimum Gasteiger partial charge on any atom is -0.467 e. The Morgan fingerprint density at radius 2 is 2.05 bits per heavy atom. The van der Waals surface area contributed by atoms with Gasteiger partial charge in [0.25, 0.3) is 0 Å². The monoisotopic (exact) mass is 289 g/mol. The lowest BCUT2D eigenvalue weighted by Crippen LogP contribution is -2.44. The quantitative estimate of drug-likeness (QED) is 0.741. The van der Waals surface area contributed by atoms with Gasteiger partial charge >= 0.3 is 5.97 Å². The summed E-state index contributed by atoms with van der Waals surface area (Å²) >= 11 is 0. The van der Waals surface area contributed by atoms with E-state index in [-0.39, 0.29) is 6.42 Å². The minimum absolute atomic E-state index is 0.135. The molecule has 2 N–H and O–H groups in total. The third-order valence-electron chi connectivity index (χ3n) is 2.88. The molecular weight excluding hydrogens is 274 g/mol. The highest BCUT2D eigenvalue weighted by atomic mass is 16.5. The molecule has 0 spiro atoms. The maximum absolute atomic E-state index is 11.7. The molecule has 0 bridgehead atoms. The molecule has 0 saturated carbocycles. The van der Waals surface area contributed by atoms with Crippen LogP contribution in [0.2, 0.25) is 0 Å². The number of nitrogens with one attached hydrogen (secondary N) is 1. The van der Waals surface area contributed by atoms with Crippen molar-refractivity contribution in [1.82, 2.24) is 15.3 Å². The highest BCUT2D eigenvalue weighted by molar-refractivity contribution is 5.85. The number of esters is 1. The van der Waals surface area contributed by atoms with Gasteiger partial charge in [0.2, 0.25) is 5.91 Å². The molecule has 1 amide bonds. The molecule has 2 rings (SSSR count). The summed E-state index contributed by atoms with van der Waals surface area (Å²) in [6.45, 7) is -0.698. The van der Waals surface area contributed by atoms with Crippen LogP contribution in [0.15, 0.2) is 30.5 Å². The Labute approximate surface area is 121 Å². The second kappa shape index (κ2) is 6.76. The van der Waals surface area contributed by atoms with E-state index in [4.69, 9.17) is 5.11 Å². The summed E-state index contributed by atoms with van der Waals surface area (Å²) in [6, 6.07) is 6.43. The van der Waals surface area contributed by atoms with Gasteiger partial charge in [-0.2, -0.15) is 0 Å². The van der Waals surface area contributed by atoms with Gasteiger partial charge in [-0.1, -0.05) is 12.1 Å². The number of carbonyl (C=O) groups is 2. The van der Waals surface area contributed by atoms with Crippen molar-refractivity contribution in [2.24, 2.45) is 0 Å². The SMILES string of the molecule is COC(=O)[C@H](Cc1cnc2ccccc2n1)NC(=O)CO. The number of aliphatic hydroxyl groups is 1. The molecule has 1 atom stereocenters. The minimum atomic E-state index is -0.912. The third-order valence-corrected chi connectivity index (χ3v) is 2.88. The fourth-order valence-electron chi connectivity index (χ4n) is 1.88. The predicted octanol–water partition coefficient (Wildman–Crippen LogP) is -0.178. The summed E-state index contributed by atoms with van der Waals surface area (Å²) in [5.41, 5.74) is 1.99. The Morgan fingerprint density at radius 3 is 2.71 bits per heavy atom. The first kappa shape index (κ1) is 14.9. The fraction of sp³-hybridized carbons (Fsp3) is 0.286. The topological polar surface area (TPSA) is 101 Å². The van der Waals surface area contributed by atoms with E-state index in [1.54, 1.807) is 6.20 Å². The van der Waals surface area contributed by atoms with Crippen molar-refractivity contribution >= 4 is 22.9 Å². The van der Waals surface area contributed by atoms with Crippen molar-refractivity contribution < 1.29 is 19.4 Å². The number of rotatable bonds is 5. The fourth-order valence-corrected chi connectivity index (χ4v) is 1.88. The second-order valence-electron chi connectivity index (χ2n) is 4.36. The van der Waals surface area contributed by atoms with E-state index in [1.165, 1.54) is 7.11 Å². The van der Waals surface area contributed by atoms with Crippen LogP contribution in [0.1, 0.15) is 5.69 Å². The van der Waals surface area contributed by atoms with E-state index in [0.717, 1.165) is 5.52 Å². The number of hydrogen-bond donors (Lipinski definition) is 2. The van der Waals surface area contributed by atoms with Crippen LogP contribution in [0.25, 0.3) is 11.0 Å². The van der Waals surface area contributed by atoms with E-state index >= 15 is 0 Å². The molecule has 7 heteroatoms. The number of carbonyl (C=O) groups excluding carboxylic acids is 2. The van der Waals surface area contributed by atoms with Crippen LogP contribution in [0.4, 0.5) is 0 Å². The van der Waals surface area contributed by atoms with Crippen molar-refractivity contribution in [2.75, 3.05) is 13.7 Å². The van der Waals surface area contributed by atoms with Gasteiger partial charge in [0.15, 0.2) is 0 Å². The molecule has 1 aromatic heterocycles. The lowest BCUT2D eigenvalue weighted by Gasteiger charge is -2.15. The van der Waals surface area contributed by atoms with Gasteiger partial charge < -0.3 is 15.2 Å². The molecule has 2 aromatic rings. The average Bonchev–Trinajstić information content (AvgIpc) is 2.53. The van der Waals surface area contributed by atoms with Crippen LogP contribution in [0.3, 0.4) is 0 Å². The molecule has 0 aliphatic rings. The largest absolute Gasteiger partial charge is 0.467 e. The van der Waals surface area contributed by atoms with Crippen LogP contribution < -0.4 is 5.32 Å². The molecule has 1 heterocycles. The first-order valence-corrected chi connectivity index (χ1v) is 6.32. The number of fused-ring (bicyclic) bond motifs is 1. The number of aromatic nitrogens is 2. The molecule has 7 nitrogen and oxygen atoms in total. The van der Waals surface area contributed by atoms with Gasteiger partial charge in [-0.25, -0.2) is 9.78 Å². The van der Waals surface area contributed by atoms with Crippen LogP contribution in [0.5, 0.6) is 0 Å². The predicted molar refractivity (Wildman–Crippen MR) is 74.3 cm³/mol. The van der Waals surface area contributed by atoms with Gasteiger partial charge in [-0.3, -0.25) is 9.78 Å². The standard InChI is InChI=1S/C14H15N3O4/c1-21-14(20)12(17-13(19)8-18)6-9-7-15-10-4-2-3-5-11(10)16-9/h2-5,7,12,18H,6,8H2,1H3,(H,17,19)/t12-/m0/s1. The molecular formula is C14H15N3O4. The van der Waals surface area contributed by atoms with Crippen molar-refractivity contribution in [2.45, 2.75) is 12.5 Å². The zero-order valence-corrected chi connectivity index (χ0v) is 11.4. The summed E-state index contributed by atoms with van der Waals surface area (Å²) in [6.07, 6.45) is 1.68.